The maximum absolute atomic E-state index is 12.8. The van der Waals surface area contributed by atoms with E-state index in [2.05, 4.69) is 23.8 Å². The Morgan fingerprint density at radius 1 is 1.30 bits per heavy atom. The van der Waals surface area contributed by atoms with E-state index in [1.54, 1.807) is 0 Å². The van der Waals surface area contributed by atoms with Gasteiger partial charge in [-0.25, -0.2) is 0 Å². The standard InChI is InChI=1S/C19H28N2O2/c1-15-8-4-5-9-16(15)23-14-18(22)21-13-6-10-17-19(21,2)11-7-12-20(17)3/h4-5,8-9,17H,6-7,10-14H2,1-3H3/t17-,19-/m0/s1. The summed E-state index contributed by atoms with van der Waals surface area (Å²) in [7, 11) is 2.19. The number of para-hydroxylation sites is 1. The minimum atomic E-state index is -0.0442. The molecule has 23 heavy (non-hydrogen) atoms. The van der Waals surface area contributed by atoms with E-state index in [0.29, 0.717) is 6.04 Å². The van der Waals surface area contributed by atoms with Crippen molar-refractivity contribution in [2.24, 2.45) is 0 Å². The quantitative estimate of drug-likeness (QED) is 0.859. The van der Waals surface area contributed by atoms with Crippen LogP contribution in [-0.2, 0) is 4.79 Å². The minimum absolute atomic E-state index is 0.0442. The highest BCUT2D eigenvalue weighted by Crippen LogP contribution is 2.38. The van der Waals surface area contributed by atoms with Crippen LogP contribution < -0.4 is 4.74 Å². The van der Waals surface area contributed by atoms with Gasteiger partial charge in [0.2, 0.25) is 0 Å². The molecule has 0 saturated carbocycles. The van der Waals surface area contributed by atoms with Crippen LogP contribution in [0.2, 0.25) is 0 Å². The normalized spacial score (nSPS) is 28.3. The Bertz CT molecular complexity index is 574. The molecule has 2 saturated heterocycles. The molecule has 4 nitrogen and oxygen atoms in total. The first kappa shape index (κ1) is 16.3. The van der Waals surface area contributed by atoms with Crippen molar-refractivity contribution < 1.29 is 9.53 Å². The number of hydrogen-bond donors (Lipinski definition) is 0. The zero-order chi connectivity index (χ0) is 16.4. The molecular weight excluding hydrogens is 288 g/mol. The van der Waals surface area contributed by atoms with Crippen molar-refractivity contribution in [3.63, 3.8) is 0 Å². The highest BCUT2D eigenvalue weighted by molar-refractivity contribution is 5.79. The molecule has 0 radical (unpaired) electrons. The van der Waals surface area contributed by atoms with Crippen molar-refractivity contribution >= 4 is 5.91 Å². The van der Waals surface area contributed by atoms with Gasteiger partial charge in [-0.1, -0.05) is 18.2 Å². The number of piperidine rings is 2. The third-order valence-electron chi connectivity index (χ3n) is 5.67. The molecule has 0 aliphatic carbocycles. The molecule has 2 heterocycles. The predicted molar refractivity (Wildman–Crippen MR) is 91.7 cm³/mol. The number of rotatable bonds is 3. The van der Waals surface area contributed by atoms with Gasteiger partial charge in [0.15, 0.2) is 6.61 Å². The molecule has 2 aliphatic heterocycles. The van der Waals surface area contributed by atoms with Gasteiger partial charge >= 0.3 is 0 Å². The van der Waals surface area contributed by atoms with Gasteiger partial charge in [0.25, 0.3) is 5.91 Å². The second kappa shape index (κ2) is 6.52. The SMILES string of the molecule is Cc1ccccc1OCC(=O)N1CCC[C@@H]2N(C)CCC[C@@]21C. The molecule has 4 heteroatoms. The molecule has 2 fully saturated rings. The van der Waals surface area contributed by atoms with Gasteiger partial charge in [-0.15, -0.1) is 0 Å². The van der Waals surface area contributed by atoms with Gasteiger partial charge in [-0.05, 0) is 64.8 Å². The van der Waals surface area contributed by atoms with E-state index in [1.807, 2.05) is 31.2 Å². The second-order valence-electron chi connectivity index (χ2n) is 7.20. The highest BCUT2D eigenvalue weighted by atomic mass is 16.5. The molecular formula is C19H28N2O2. The number of fused-ring (bicyclic) bond motifs is 1. The summed E-state index contributed by atoms with van der Waals surface area (Å²) in [6.45, 7) is 6.40. The highest BCUT2D eigenvalue weighted by Gasteiger charge is 2.47. The summed E-state index contributed by atoms with van der Waals surface area (Å²) >= 11 is 0. The first-order valence-corrected chi connectivity index (χ1v) is 8.71. The fourth-order valence-corrected chi connectivity index (χ4v) is 4.37. The lowest BCUT2D eigenvalue weighted by Crippen LogP contribution is -2.67. The van der Waals surface area contributed by atoms with Crippen LogP contribution in [0.1, 0.15) is 38.2 Å². The second-order valence-corrected chi connectivity index (χ2v) is 7.20. The summed E-state index contributed by atoms with van der Waals surface area (Å²) in [6.07, 6.45) is 4.53. The number of likely N-dealkylation sites (tertiary alicyclic amines) is 2. The summed E-state index contributed by atoms with van der Waals surface area (Å²) in [5, 5.41) is 0. The zero-order valence-corrected chi connectivity index (χ0v) is 14.5. The summed E-state index contributed by atoms with van der Waals surface area (Å²) < 4.78 is 5.80. The molecule has 1 amide bonds. The molecule has 3 rings (SSSR count). The molecule has 0 aromatic heterocycles. The van der Waals surface area contributed by atoms with Crippen molar-refractivity contribution in [1.29, 1.82) is 0 Å². The Kier molecular flexibility index (Phi) is 4.62. The van der Waals surface area contributed by atoms with Crippen LogP contribution in [0.5, 0.6) is 5.75 Å². The van der Waals surface area contributed by atoms with Gasteiger partial charge < -0.3 is 14.5 Å². The average Bonchev–Trinajstić information content (AvgIpc) is 2.53. The molecule has 0 bridgehead atoms. The van der Waals surface area contributed by atoms with Crippen LogP contribution in [0.4, 0.5) is 0 Å². The maximum Gasteiger partial charge on any atom is 0.261 e. The van der Waals surface area contributed by atoms with Crippen LogP contribution in [0.15, 0.2) is 24.3 Å². The largest absolute Gasteiger partial charge is 0.484 e. The Labute approximate surface area is 139 Å². The lowest BCUT2D eigenvalue weighted by Gasteiger charge is -2.55. The van der Waals surface area contributed by atoms with E-state index in [9.17, 15) is 4.79 Å². The third kappa shape index (κ3) is 3.09. The first-order chi connectivity index (χ1) is 11.0. The van der Waals surface area contributed by atoms with E-state index in [1.165, 1.54) is 6.42 Å². The number of aryl methyl sites for hydroxylation is 1. The lowest BCUT2D eigenvalue weighted by molar-refractivity contribution is -0.148. The van der Waals surface area contributed by atoms with Crippen molar-refractivity contribution in [2.75, 3.05) is 26.7 Å². The van der Waals surface area contributed by atoms with Crippen LogP contribution in [0.25, 0.3) is 0 Å². The van der Waals surface area contributed by atoms with Gasteiger partial charge in [-0.2, -0.15) is 0 Å². The number of benzene rings is 1. The number of nitrogens with zero attached hydrogens (tertiary/aromatic N) is 2. The molecule has 2 atom stereocenters. The molecule has 126 valence electrons. The van der Waals surface area contributed by atoms with Gasteiger partial charge in [-0.3, -0.25) is 4.79 Å². The molecule has 0 unspecified atom stereocenters. The first-order valence-electron chi connectivity index (χ1n) is 8.71. The topological polar surface area (TPSA) is 32.8 Å². The van der Waals surface area contributed by atoms with E-state index >= 15 is 0 Å². The van der Waals surface area contributed by atoms with Crippen molar-refractivity contribution in [1.82, 2.24) is 9.80 Å². The van der Waals surface area contributed by atoms with Gasteiger partial charge in [0, 0.05) is 12.6 Å². The van der Waals surface area contributed by atoms with Crippen molar-refractivity contribution in [2.45, 2.75) is 51.1 Å². The Morgan fingerprint density at radius 2 is 2.09 bits per heavy atom. The van der Waals surface area contributed by atoms with Gasteiger partial charge in [0.1, 0.15) is 5.75 Å². The fraction of sp³-hybridized carbons (Fsp3) is 0.632. The van der Waals surface area contributed by atoms with Crippen LogP contribution in [0.3, 0.4) is 0 Å². The fourth-order valence-electron chi connectivity index (χ4n) is 4.37. The van der Waals surface area contributed by atoms with Crippen molar-refractivity contribution in [3.05, 3.63) is 29.8 Å². The predicted octanol–water partition coefficient (Wildman–Crippen LogP) is 2.85. The number of amides is 1. The Hall–Kier alpha value is -1.55. The van der Waals surface area contributed by atoms with E-state index in [0.717, 1.165) is 43.7 Å². The summed E-state index contributed by atoms with van der Waals surface area (Å²) in [5.74, 6) is 0.927. The number of carbonyl (C=O) groups is 1. The number of likely N-dealkylation sites (N-methyl/N-ethyl adjacent to an activating group) is 1. The third-order valence-corrected chi connectivity index (χ3v) is 5.67. The average molecular weight is 316 g/mol. The maximum atomic E-state index is 12.8. The molecule has 0 N–H and O–H groups in total. The van der Waals surface area contributed by atoms with Crippen LogP contribution in [0, 0.1) is 6.92 Å². The summed E-state index contributed by atoms with van der Waals surface area (Å²) in [6, 6.07) is 8.35. The molecule has 0 spiro atoms. The summed E-state index contributed by atoms with van der Waals surface area (Å²) in [4.78, 5) is 17.4. The smallest absolute Gasteiger partial charge is 0.261 e. The van der Waals surface area contributed by atoms with E-state index in [4.69, 9.17) is 4.74 Å². The Balaban J connectivity index is 1.70. The van der Waals surface area contributed by atoms with Crippen molar-refractivity contribution in [3.8, 4) is 5.75 Å². The van der Waals surface area contributed by atoms with Crippen LogP contribution in [-0.4, -0.2) is 54.0 Å². The number of ether oxygens (including phenoxy) is 1. The lowest BCUT2D eigenvalue weighted by atomic mass is 9.76. The van der Waals surface area contributed by atoms with Crippen LogP contribution >= 0.6 is 0 Å². The number of carbonyl (C=O) groups excluding carboxylic acids is 1. The monoisotopic (exact) mass is 316 g/mol. The minimum Gasteiger partial charge on any atom is -0.484 e. The molecule has 2 aliphatic rings. The van der Waals surface area contributed by atoms with E-state index < -0.39 is 0 Å². The van der Waals surface area contributed by atoms with E-state index in [-0.39, 0.29) is 18.1 Å². The zero-order valence-electron chi connectivity index (χ0n) is 14.5. The van der Waals surface area contributed by atoms with Gasteiger partial charge in [0.05, 0.1) is 5.54 Å². The molecule has 1 aromatic rings. The Morgan fingerprint density at radius 3 is 2.87 bits per heavy atom. The summed E-state index contributed by atoms with van der Waals surface area (Å²) in [5.41, 5.74) is 1.03. The molecule has 1 aromatic carbocycles. The number of hydrogen-bond acceptors (Lipinski definition) is 3.